The zero-order chi connectivity index (χ0) is 13.8. The lowest BCUT2D eigenvalue weighted by atomic mass is 9.94. The number of nitrogens with zero attached hydrogens (tertiary/aromatic N) is 2. The van der Waals surface area contributed by atoms with Crippen LogP contribution in [0, 0.1) is 5.92 Å². The van der Waals surface area contributed by atoms with Gasteiger partial charge in [0.25, 0.3) is 0 Å². The molecule has 0 saturated carbocycles. The van der Waals surface area contributed by atoms with Gasteiger partial charge in [-0.25, -0.2) is 0 Å². The quantitative estimate of drug-likeness (QED) is 0.583. The van der Waals surface area contributed by atoms with Gasteiger partial charge in [-0.1, -0.05) is 19.8 Å². The first-order valence-corrected chi connectivity index (χ1v) is 7.63. The zero-order valence-corrected chi connectivity index (χ0v) is 13.1. The molecule has 0 rings (SSSR count). The molecule has 0 aliphatic rings. The van der Waals surface area contributed by atoms with Gasteiger partial charge in [0.15, 0.2) is 0 Å². The predicted molar refractivity (Wildman–Crippen MR) is 82.0 cm³/mol. The van der Waals surface area contributed by atoms with Crippen molar-refractivity contribution in [1.29, 1.82) is 0 Å². The van der Waals surface area contributed by atoms with Crippen molar-refractivity contribution >= 4 is 0 Å². The zero-order valence-electron chi connectivity index (χ0n) is 13.1. The fourth-order valence-electron chi connectivity index (χ4n) is 2.50. The van der Waals surface area contributed by atoms with Crippen molar-refractivity contribution < 1.29 is 0 Å². The Hall–Kier alpha value is -0.120. The van der Waals surface area contributed by atoms with E-state index < -0.39 is 0 Å². The normalized spacial score (nSPS) is 13.5. The minimum absolute atomic E-state index is 0.851. The van der Waals surface area contributed by atoms with Crippen LogP contribution in [0.25, 0.3) is 0 Å². The number of hydrogen-bond acceptors (Lipinski definition) is 3. The molecular weight excluding hydrogens is 222 g/mol. The van der Waals surface area contributed by atoms with E-state index in [2.05, 4.69) is 37.9 Å². The Morgan fingerprint density at radius 1 is 0.889 bits per heavy atom. The Bertz CT molecular complexity index is 165. The van der Waals surface area contributed by atoms with E-state index in [9.17, 15) is 0 Å². The summed E-state index contributed by atoms with van der Waals surface area (Å²) in [5, 5.41) is 0. The molecule has 110 valence electrons. The third-order valence-electron chi connectivity index (χ3n) is 3.57. The summed E-state index contributed by atoms with van der Waals surface area (Å²) in [5.41, 5.74) is 5.67. The molecule has 2 N–H and O–H groups in total. The minimum atomic E-state index is 0.851. The third-order valence-corrected chi connectivity index (χ3v) is 3.57. The molecule has 0 radical (unpaired) electrons. The minimum Gasteiger partial charge on any atom is -0.330 e. The summed E-state index contributed by atoms with van der Waals surface area (Å²) in [7, 11) is 6.53. The average Bonchev–Trinajstić information content (AvgIpc) is 2.29. The Morgan fingerprint density at radius 3 is 2.11 bits per heavy atom. The van der Waals surface area contributed by atoms with Crippen LogP contribution in [0.2, 0.25) is 0 Å². The van der Waals surface area contributed by atoms with Gasteiger partial charge in [0, 0.05) is 0 Å². The summed E-state index contributed by atoms with van der Waals surface area (Å²) < 4.78 is 0. The lowest BCUT2D eigenvalue weighted by Gasteiger charge is -2.20. The molecule has 0 saturated heterocycles. The Labute approximate surface area is 115 Å². The van der Waals surface area contributed by atoms with Crippen LogP contribution in [-0.2, 0) is 0 Å². The van der Waals surface area contributed by atoms with E-state index in [0.717, 1.165) is 12.5 Å². The Balaban J connectivity index is 3.54. The first-order valence-electron chi connectivity index (χ1n) is 7.63. The highest BCUT2D eigenvalue weighted by Gasteiger charge is 2.07. The second-order valence-electron chi connectivity index (χ2n) is 5.83. The van der Waals surface area contributed by atoms with Crippen molar-refractivity contribution in [3.8, 4) is 0 Å². The highest BCUT2D eigenvalue weighted by atomic mass is 15.1. The van der Waals surface area contributed by atoms with Crippen LogP contribution in [0.3, 0.4) is 0 Å². The van der Waals surface area contributed by atoms with Gasteiger partial charge >= 0.3 is 0 Å². The number of hydrogen-bond donors (Lipinski definition) is 1. The van der Waals surface area contributed by atoms with Crippen LogP contribution < -0.4 is 5.73 Å². The summed E-state index contributed by atoms with van der Waals surface area (Å²) in [6.07, 6.45) is 7.79. The molecule has 0 heterocycles. The maximum atomic E-state index is 5.67. The van der Waals surface area contributed by atoms with E-state index in [1.165, 1.54) is 58.2 Å². The topological polar surface area (TPSA) is 32.5 Å². The molecule has 1 atom stereocenters. The Kier molecular flexibility index (Phi) is 11.9. The maximum absolute atomic E-state index is 5.67. The fraction of sp³-hybridized carbons (Fsp3) is 1.00. The monoisotopic (exact) mass is 257 g/mol. The largest absolute Gasteiger partial charge is 0.330 e. The van der Waals surface area contributed by atoms with E-state index >= 15 is 0 Å². The summed E-state index contributed by atoms with van der Waals surface area (Å²) in [6.45, 7) is 6.77. The molecule has 1 unspecified atom stereocenters. The first-order chi connectivity index (χ1) is 8.60. The van der Waals surface area contributed by atoms with Crippen LogP contribution in [0.4, 0.5) is 0 Å². The van der Waals surface area contributed by atoms with Crippen molar-refractivity contribution in [2.75, 3.05) is 47.3 Å². The SMILES string of the molecule is CCCC(CCN)CCCN(C)CCCN(C)C. The summed E-state index contributed by atoms with van der Waals surface area (Å²) >= 11 is 0. The van der Waals surface area contributed by atoms with Crippen molar-refractivity contribution in [2.45, 2.75) is 45.4 Å². The Morgan fingerprint density at radius 2 is 1.56 bits per heavy atom. The van der Waals surface area contributed by atoms with E-state index in [-0.39, 0.29) is 0 Å². The lowest BCUT2D eigenvalue weighted by Crippen LogP contribution is -2.25. The van der Waals surface area contributed by atoms with Crippen LogP contribution in [0.1, 0.15) is 45.4 Å². The van der Waals surface area contributed by atoms with Gasteiger partial charge in [-0.05, 0) is 78.9 Å². The molecule has 0 bridgehead atoms. The summed E-state index contributed by atoms with van der Waals surface area (Å²) in [4.78, 5) is 4.72. The highest BCUT2D eigenvalue weighted by molar-refractivity contribution is 4.62. The molecule has 0 aromatic rings. The van der Waals surface area contributed by atoms with Gasteiger partial charge < -0.3 is 15.5 Å². The molecule has 0 spiro atoms. The van der Waals surface area contributed by atoms with E-state index in [0.29, 0.717) is 0 Å². The fourth-order valence-corrected chi connectivity index (χ4v) is 2.50. The third kappa shape index (κ3) is 11.0. The first kappa shape index (κ1) is 17.9. The van der Waals surface area contributed by atoms with Crippen molar-refractivity contribution in [3.63, 3.8) is 0 Å². The highest BCUT2D eigenvalue weighted by Crippen LogP contribution is 2.17. The van der Waals surface area contributed by atoms with Gasteiger partial charge in [-0.2, -0.15) is 0 Å². The molecular formula is C15H35N3. The molecule has 0 aliphatic heterocycles. The second-order valence-corrected chi connectivity index (χ2v) is 5.83. The molecule has 18 heavy (non-hydrogen) atoms. The molecule has 0 aromatic heterocycles. The van der Waals surface area contributed by atoms with Crippen LogP contribution >= 0.6 is 0 Å². The van der Waals surface area contributed by atoms with Crippen molar-refractivity contribution in [3.05, 3.63) is 0 Å². The van der Waals surface area contributed by atoms with E-state index in [1.54, 1.807) is 0 Å². The van der Waals surface area contributed by atoms with Crippen molar-refractivity contribution in [2.24, 2.45) is 11.7 Å². The number of rotatable bonds is 12. The summed E-state index contributed by atoms with van der Waals surface area (Å²) in [5.74, 6) is 0.857. The molecule has 0 fully saturated rings. The van der Waals surface area contributed by atoms with E-state index in [4.69, 9.17) is 5.73 Å². The van der Waals surface area contributed by atoms with Crippen molar-refractivity contribution in [1.82, 2.24) is 9.80 Å². The standard InChI is InChI=1S/C15H35N3/c1-5-8-15(10-11-16)9-6-13-18(4)14-7-12-17(2)3/h15H,5-14,16H2,1-4H3. The smallest absolute Gasteiger partial charge is 0.000960 e. The molecule has 0 aliphatic carbocycles. The van der Waals surface area contributed by atoms with Crippen LogP contribution in [0.15, 0.2) is 0 Å². The maximum Gasteiger partial charge on any atom is -0.000960 e. The molecule has 0 aromatic carbocycles. The van der Waals surface area contributed by atoms with E-state index in [1.807, 2.05) is 0 Å². The van der Waals surface area contributed by atoms with Gasteiger partial charge in [0.05, 0.1) is 0 Å². The molecule has 0 amide bonds. The average molecular weight is 257 g/mol. The molecule has 3 heteroatoms. The van der Waals surface area contributed by atoms with Gasteiger partial charge in [0.1, 0.15) is 0 Å². The number of nitrogens with two attached hydrogens (primary N) is 1. The van der Waals surface area contributed by atoms with Gasteiger partial charge in [-0.3, -0.25) is 0 Å². The van der Waals surface area contributed by atoms with Crippen LogP contribution in [-0.4, -0.2) is 57.1 Å². The van der Waals surface area contributed by atoms with Crippen LogP contribution in [0.5, 0.6) is 0 Å². The second kappa shape index (κ2) is 11.9. The van der Waals surface area contributed by atoms with Gasteiger partial charge in [-0.15, -0.1) is 0 Å². The predicted octanol–water partition coefficient (Wildman–Crippen LogP) is 2.42. The van der Waals surface area contributed by atoms with Gasteiger partial charge in [0.2, 0.25) is 0 Å². The lowest BCUT2D eigenvalue weighted by molar-refractivity contribution is 0.283. The summed E-state index contributed by atoms with van der Waals surface area (Å²) in [6, 6.07) is 0. The molecule has 3 nitrogen and oxygen atoms in total.